The zero-order chi connectivity index (χ0) is 17.0. The number of carbonyl (C=O) groups is 2. The fourth-order valence-corrected chi connectivity index (χ4v) is 2.82. The molecule has 0 unspecified atom stereocenters. The van der Waals surface area contributed by atoms with Gasteiger partial charge >= 0.3 is 6.03 Å². The molecule has 0 radical (unpaired) electrons. The summed E-state index contributed by atoms with van der Waals surface area (Å²) in [6, 6.07) is 6.89. The van der Waals surface area contributed by atoms with E-state index in [1.54, 1.807) is 4.90 Å². The standard InChI is InChI=1S/C17H22N2O5/c1-17(23-11-12-24-17)8-2-10-22-14-5-3-13(4-6-14)19-9-7-15(20)18-16(19)21/h3-6H,2,7-12H2,1H3,(H,18,20,21). The molecule has 1 N–H and O–H groups in total. The smallest absolute Gasteiger partial charge is 0.328 e. The van der Waals surface area contributed by atoms with Crippen molar-refractivity contribution in [1.29, 1.82) is 0 Å². The first-order valence-corrected chi connectivity index (χ1v) is 8.18. The molecule has 24 heavy (non-hydrogen) atoms. The Bertz CT molecular complexity index is 596. The molecule has 0 saturated carbocycles. The Balaban J connectivity index is 1.46. The highest BCUT2D eigenvalue weighted by Gasteiger charge is 2.30. The van der Waals surface area contributed by atoms with Gasteiger partial charge in [0, 0.05) is 25.1 Å². The predicted octanol–water partition coefficient (Wildman–Crippen LogP) is 2.05. The highest BCUT2D eigenvalue weighted by atomic mass is 16.7. The molecule has 2 fully saturated rings. The van der Waals surface area contributed by atoms with Crippen molar-refractivity contribution in [3.8, 4) is 5.75 Å². The van der Waals surface area contributed by atoms with Crippen molar-refractivity contribution in [1.82, 2.24) is 5.32 Å². The molecule has 0 bridgehead atoms. The Hall–Kier alpha value is -2.12. The summed E-state index contributed by atoms with van der Waals surface area (Å²) in [5.74, 6) is 0.0255. The van der Waals surface area contributed by atoms with E-state index in [0.29, 0.717) is 32.8 Å². The second-order valence-electron chi connectivity index (χ2n) is 6.03. The van der Waals surface area contributed by atoms with Gasteiger partial charge in [0.25, 0.3) is 0 Å². The largest absolute Gasteiger partial charge is 0.494 e. The molecule has 0 aliphatic carbocycles. The molecule has 2 saturated heterocycles. The predicted molar refractivity (Wildman–Crippen MR) is 87.0 cm³/mol. The third-order valence-corrected chi connectivity index (χ3v) is 4.14. The van der Waals surface area contributed by atoms with E-state index in [2.05, 4.69) is 5.32 Å². The van der Waals surface area contributed by atoms with E-state index < -0.39 is 5.79 Å². The van der Waals surface area contributed by atoms with Gasteiger partial charge in [-0.1, -0.05) is 0 Å². The molecule has 2 heterocycles. The number of anilines is 1. The summed E-state index contributed by atoms with van der Waals surface area (Å²) in [6.45, 7) is 4.20. The number of hydrogen-bond donors (Lipinski definition) is 1. The van der Waals surface area contributed by atoms with E-state index in [9.17, 15) is 9.59 Å². The van der Waals surface area contributed by atoms with Crippen molar-refractivity contribution >= 4 is 17.6 Å². The van der Waals surface area contributed by atoms with Gasteiger partial charge in [0.05, 0.1) is 19.8 Å². The molecule has 130 valence electrons. The molecular formula is C17H22N2O5. The highest BCUT2D eigenvalue weighted by molar-refractivity contribution is 6.05. The zero-order valence-corrected chi connectivity index (χ0v) is 13.7. The van der Waals surface area contributed by atoms with Crippen molar-refractivity contribution in [3.63, 3.8) is 0 Å². The lowest BCUT2D eigenvalue weighted by Crippen LogP contribution is -2.49. The number of imide groups is 1. The number of carbonyl (C=O) groups excluding carboxylic acids is 2. The van der Waals surface area contributed by atoms with Gasteiger partial charge in [0.1, 0.15) is 5.75 Å². The van der Waals surface area contributed by atoms with Gasteiger partial charge in [-0.3, -0.25) is 15.0 Å². The molecule has 1 aromatic rings. The number of amides is 3. The molecule has 7 heteroatoms. The van der Waals surface area contributed by atoms with Crippen LogP contribution in [0.4, 0.5) is 10.5 Å². The van der Waals surface area contributed by atoms with E-state index in [0.717, 1.165) is 24.3 Å². The molecular weight excluding hydrogens is 312 g/mol. The topological polar surface area (TPSA) is 77.1 Å². The fraction of sp³-hybridized carbons (Fsp3) is 0.529. The molecule has 3 rings (SSSR count). The average Bonchev–Trinajstić information content (AvgIpc) is 2.99. The second-order valence-corrected chi connectivity index (χ2v) is 6.03. The Morgan fingerprint density at radius 2 is 1.92 bits per heavy atom. The van der Waals surface area contributed by atoms with E-state index in [1.807, 2.05) is 31.2 Å². The summed E-state index contributed by atoms with van der Waals surface area (Å²) in [4.78, 5) is 24.5. The molecule has 0 aromatic heterocycles. The first-order chi connectivity index (χ1) is 11.6. The van der Waals surface area contributed by atoms with Crippen LogP contribution in [0.5, 0.6) is 5.75 Å². The van der Waals surface area contributed by atoms with Crippen LogP contribution in [-0.4, -0.2) is 44.1 Å². The summed E-state index contributed by atoms with van der Waals surface area (Å²) in [6.07, 6.45) is 1.93. The lowest BCUT2D eigenvalue weighted by Gasteiger charge is -2.26. The summed E-state index contributed by atoms with van der Waals surface area (Å²) >= 11 is 0. The monoisotopic (exact) mass is 334 g/mol. The Labute approximate surface area is 140 Å². The number of nitrogens with one attached hydrogen (secondary N) is 1. The first-order valence-electron chi connectivity index (χ1n) is 8.18. The third-order valence-electron chi connectivity index (χ3n) is 4.14. The maximum atomic E-state index is 11.8. The van der Waals surface area contributed by atoms with Crippen LogP contribution in [0.1, 0.15) is 26.2 Å². The zero-order valence-electron chi connectivity index (χ0n) is 13.7. The van der Waals surface area contributed by atoms with E-state index in [-0.39, 0.29) is 11.9 Å². The van der Waals surface area contributed by atoms with Gasteiger partial charge in [-0.15, -0.1) is 0 Å². The van der Waals surface area contributed by atoms with Crippen LogP contribution >= 0.6 is 0 Å². The van der Waals surface area contributed by atoms with E-state index >= 15 is 0 Å². The average molecular weight is 334 g/mol. The summed E-state index contributed by atoms with van der Waals surface area (Å²) in [5.41, 5.74) is 0.743. The third kappa shape index (κ3) is 4.04. The molecule has 7 nitrogen and oxygen atoms in total. The summed E-state index contributed by atoms with van der Waals surface area (Å²) in [7, 11) is 0. The van der Waals surface area contributed by atoms with Crippen molar-refractivity contribution in [2.45, 2.75) is 32.0 Å². The number of nitrogens with zero attached hydrogens (tertiary/aromatic N) is 1. The number of ether oxygens (including phenoxy) is 3. The Morgan fingerprint density at radius 3 is 2.58 bits per heavy atom. The maximum Gasteiger partial charge on any atom is 0.328 e. The number of hydrogen-bond acceptors (Lipinski definition) is 5. The number of benzene rings is 1. The van der Waals surface area contributed by atoms with Gasteiger partial charge < -0.3 is 14.2 Å². The minimum absolute atomic E-state index is 0.236. The quantitative estimate of drug-likeness (QED) is 0.806. The van der Waals surface area contributed by atoms with Crippen LogP contribution in [0.25, 0.3) is 0 Å². The van der Waals surface area contributed by atoms with Gasteiger partial charge in [-0.25, -0.2) is 4.79 Å². The first kappa shape index (κ1) is 16.7. The molecule has 0 spiro atoms. The van der Waals surface area contributed by atoms with Crippen LogP contribution in [-0.2, 0) is 14.3 Å². The van der Waals surface area contributed by atoms with Gasteiger partial charge in [-0.2, -0.15) is 0 Å². The van der Waals surface area contributed by atoms with Crippen LogP contribution in [0.2, 0.25) is 0 Å². The van der Waals surface area contributed by atoms with Crippen LogP contribution in [0.15, 0.2) is 24.3 Å². The van der Waals surface area contributed by atoms with E-state index in [1.165, 1.54) is 0 Å². The molecule has 2 aliphatic heterocycles. The fourth-order valence-electron chi connectivity index (χ4n) is 2.82. The van der Waals surface area contributed by atoms with Crippen LogP contribution < -0.4 is 15.0 Å². The van der Waals surface area contributed by atoms with Gasteiger partial charge in [-0.05, 0) is 37.6 Å². The number of rotatable bonds is 6. The minimum atomic E-state index is -0.480. The number of urea groups is 1. The molecule has 3 amide bonds. The van der Waals surface area contributed by atoms with Gasteiger partial charge in [0.2, 0.25) is 5.91 Å². The minimum Gasteiger partial charge on any atom is -0.494 e. The van der Waals surface area contributed by atoms with Gasteiger partial charge in [0.15, 0.2) is 5.79 Å². The maximum absolute atomic E-state index is 11.8. The summed E-state index contributed by atoms with van der Waals surface area (Å²) in [5, 5.41) is 2.31. The molecule has 1 aromatic carbocycles. The van der Waals surface area contributed by atoms with Crippen molar-refractivity contribution in [2.24, 2.45) is 0 Å². The van der Waals surface area contributed by atoms with Crippen LogP contribution in [0, 0.1) is 0 Å². The normalized spacial score (nSPS) is 20.1. The highest BCUT2D eigenvalue weighted by Crippen LogP contribution is 2.25. The van der Waals surface area contributed by atoms with Crippen LogP contribution in [0.3, 0.4) is 0 Å². The second kappa shape index (κ2) is 7.19. The van der Waals surface area contributed by atoms with Crippen molar-refractivity contribution < 1.29 is 23.8 Å². The van der Waals surface area contributed by atoms with Crippen molar-refractivity contribution in [2.75, 3.05) is 31.3 Å². The molecule has 2 aliphatic rings. The Kier molecular flexibility index (Phi) is 5.01. The lowest BCUT2D eigenvalue weighted by molar-refractivity contribution is -0.148. The Morgan fingerprint density at radius 1 is 1.21 bits per heavy atom. The SMILES string of the molecule is CC1(CCCOc2ccc(N3CCC(=O)NC3=O)cc2)OCCO1. The summed E-state index contributed by atoms with van der Waals surface area (Å²) < 4.78 is 16.8. The van der Waals surface area contributed by atoms with E-state index in [4.69, 9.17) is 14.2 Å². The molecule has 0 atom stereocenters. The lowest BCUT2D eigenvalue weighted by atomic mass is 10.2. The van der Waals surface area contributed by atoms with Crippen molar-refractivity contribution in [3.05, 3.63) is 24.3 Å².